The van der Waals surface area contributed by atoms with Crippen molar-refractivity contribution in [2.45, 2.75) is 78.4 Å². The Morgan fingerprint density at radius 2 is 1.82 bits per heavy atom. The van der Waals surface area contributed by atoms with Crippen LogP contribution in [0, 0.1) is 23.7 Å². The molecule has 1 amide bonds. The lowest BCUT2D eigenvalue weighted by Gasteiger charge is -2.30. The van der Waals surface area contributed by atoms with Gasteiger partial charge < -0.3 is 30.4 Å². The molecule has 0 radical (unpaired) electrons. The first kappa shape index (κ1) is 34.5. The van der Waals surface area contributed by atoms with Crippen LogP contribution < -0.4 is 15.8 Å². The third kappa shape index (κ3) is 12.0. The van der Waals surface area contributed by atoms with Crippen LogP contribution in [0.5, 0.6) is 5.75 Å². The van der Waals surface area contributed by atoms with Crippen LogP contribution in [0.4, 0.5) is 0 Å². The Morgan fingerprint density at radius 3 is 2.45 bits per heavy atom. The number of amides is 1. The van der Waals surface area contributed by atoms with Crippen molar-refractivity contribution in [3.8, 4) is 5.75 Å². The topological polar surface area (TPSA) is 106 Å². The molecular weight excluding hydrogens is 506 g/mol. The maximum absolute atomic E-state index is 13.0. The SMILES string of the molecule is COCCCCc1cc(C[C@@H](C[C@H](N)[C@@H](O)C[C@H](C(=O)NCCN2CCOCC2)C(C)C)C(C)C)ccc1OC. The Balaban J connectivity index is 1.94. The van der Waals surface area contributed by atoms with E-state index in [4.69, 9.17) is 19.9 Å². The van der Waals surface area contributed by atoms with E-state index < -0.39 is 6.10 Å². The second kappa shape index (κ2) is 18.7. The number of rotatable bonds is 19. The van der Waals surface area contributed by atoms with Crippen molar-refractivity contribution in [2.75, 3.05) is 60.2 Å². The van der Waals surface area contributed by atoms with Gasteiger partial charge in [-0.05, 0) is 73.5 Å². The fourth-order valence-corrected chi connectivity index (χ4v) is 5.53. The van der Waals surface area contributed by atoms with E-state index in [-0.39, 0.29) is 23.8 Å². The molecule has 1 saturated heterocycles. The van der Waals surface area contributed by atoms with Crippen molar-refractivity contribution in [1.82, 2.24) is 10.2 Å². The van der Waals surface area contributed by atoms with E-state index in [9.17, 15) is 9.90 Å². The molecule has 1 aromatic carbocycles. The highest BCUT2D eigenvalue weighted by Gasteiger charge is 2.30. The minimum atomic E-state index is -0.731. The van der Waals surface area contributed by atoms with Gasteiger partial charge in [0, 0.05) is 51.9 Å². The minimum absolute atomic E-state index is 0.00572. The molecular formula is C32H57N3O5. The maximum atomic E-state index is 13.0. The van der Waals surface area contributed by atoms with Crippen LogP contribution >= 0.6 is 0 Å². The van der Waals surface area contributed by atoms with Crippen molar-refractivity contribution in [1.29, 1.82) is 0 Å². The number of carbonyl (C=O) groups is 1. The Morgan fingerprint density at radius 1 is 1.10 bits per heavy atom. The van der Waals surface area contributed by atoms with Gasteiger partial charge in [-0.2, -0.15) is 0 Å². The van der Waals surface area contributed by atoms with E-state index in [1.165, 1.54) is 11.1 Å². The Hall–Kier alpha value is -1.71. The molecule has 0 saturated carbocycles. The number of ether oxygens (including phenoxy) is 3. The number of nitrogens with zero attached hydrogens (tertiary/aromatic N) is 1. The molecule has 1 aliphatic heterocycles. The fraction of sp³-hybridized carbons (Fsp3) is 0.781. The molecule has 4 atom stereocenters. The molecule has 230 valence electrons. The molecule has 8 nitrogen and oxygen atoms in total. The number of nitrogens with two attached hydrogens (primary N) is 1. The predicted molar refractivity (Wildman–Crippen MR) is 162 cm³/mol. The molecule has 1 aromatic rings. The normalized spacial score (nSPS) is 17.6. The van der Waals surface area contributed by atoms with Gasteiger partial charge in [0.05, 0.1) is 26.4 Å². The van der Waals surface area contributed by atoms with E-state index in [2.05, 4.69) is 42.3 Å². The molecule has 40 heavy (non-hydrogen) atoms. The molecule has 0 bridgehead atoms. The summed E-state index contributed by atoms with van der Waals surface area (Å²) < 4.78 is 16.2. The minimum Gasteiger partial charge on any atom is -0.496 e. The van der Waals surface area contributed by atoms with E-state index in [0.717, 1.165) is 70.9 Å². The summed E-state index contributed by atoms with van der Waals surface area (Å²) in [5.74, 6) is 1.51. The fourth-order valence-electron chi connectivity index (χ4n) is 5.53. The first-order valence-electron chi connectivity index (χ1n) is 15.3. The summed E-state index contributed by atoms with van der Waals surface area (Å²) in [6.45, 7) is 14.0. The number of carbonyl (C=O) groups excluding carboxylic acids is 1. The highest BCUT2D eigenvalue weighted by Crippen LogP contribution is 2.28. The summed E-state index contributed by atoms with van der Waals surface area (Å²) in [6.07, 6.45) is 4.27. The number of hydrogen-bond acceptors (Lipinski definition) is 7. The number of aliphatic hydroxyl groups excluding tert-OH is 1. The first-order chi connectivity index (χ1) is 19.2. The zero-order valence-corrected chi connectivity index (χ0v) is 26.0. The molecule has 2 rings (SSSR count). The lowest BCUT2D eigenvalue weighted by molar-refractivity contribution is -0.127. The Labute approximate surface area is 243 Å². The van der Waals surface area contributed by atoms with E-state index in [1.807, 2.05) is 13.8 Å². The third-order valence-electron chi connectivity index (χ3n) is 8.37. The van der Waals surface area contributed by atoms with Crippen molar-refractivity contribution >= 4 is 5.91 Å². The number of aliphatic hydroxyl groups is 1. The van der Waals surface area contributed by atoms with Crippen LogP contribution in [0.1, 0.15) is 64.5 Å². The van der Waals surface area contributed by atoms with Gasteiger partial charge in [0.25, 0.3) is 0 Å². The number of aryl methyl sites for hydroxylation is 1. The van der Waals surface area contributed by atoms with Crippen molar-refractivity contribution in [3.05, 3.63) is 29.3 Å². The molecule has 0 aliphatic carbocycles. The molecule has 8 heteroatoms. The summed E-state index contributed by atoms with van der Waals surface area (Å²) in [5.41, 5.74) is 9.08. The lowest BCUT2D eigenvalue weighted by Crippen LogP contribution is -2.45. The molecule has 0 spiro atoms. The third-order valence-corrected chi connectivity index (χ3v) is 8.37. The molecule has 1 aliphatic rings. The average molecular weight is 564 g/mol. The largest absolute Gasteiger partial charge is 0.496 e. The van der Waals surface area contributed by atoms with Crippen molar-refractivity contribution in [3.63, 3.8) is 0 Å². The zero-order chi connectivity index (χ0) is 29.5. The maximum Gasteiger partial charge on any atom is 0.223 e. The molecule has 0 aromatic heterocycles. The van der Waals surface area contributed by atoms with Gasteiger partial charge in [0.2, 0.25) is 5.91 Å². The van der Waals surface area contributed by atoms with Gasteiger partial charge in [-0.15, -0.1) is 0 Å². The standard InChI is InChI=1S/C32H57N3O5/c1-23(2)27(20-25-10-11-31(39-6)26(19-25)9-7-8-16-38-5)21-29(33)30(36)22-28(24(3)4)32(37)34-12-13-35-14-17-40-18-15-35/h10-11,19,23-24,27-30,36H,7-9,12-18,20-22,33H2,1-6H3,(H,34,37)/t27-,28-,29-,30-/m0/s1. The van der Waals surface area contributed by atoms with Crippen molar-refractivity contribution < 1.29 is 24.1 Å². The number of nitrogens with one attached hydrogen (secondary N) is 1. The van der Waals surface area contributed by atoms with Crippen LogP contribution in [0.15, 0.2) is 18.2 Å². The number of hydrogen-bond donors (Lipinski definition) is 3. The Kier molecular flexibility index (Phi) is 16.1. The predicted octanol–water partition coefficient (Wildman–Crippen LogP) is 3.67. The summed E-state index contributed by atoms with van der Waals surface area (Å²) >= 11 is 0. The summed E-state index contributed by atoms with van der Waals surface area (Å²) in [7, 11) is 3.46. The average Bonchev–Trinajstić information content (AvgIpc) is 2.93. The van der Waals surface area contributed by atoms with Crippen LogP contribution in [-0.4, -0.2) is 88.3 Å². The molecule has 1 fully saturated rings. The van der Waals surface area contributed by atoms with Crippen LogP contribution in [0.2, 0.25) is 0 Å². The van der Waals surface area contributed by atoms with Gasteiger partial charge in [-0.1, -0.05) is 39.8 Å². The van der Waals surface area contributed by atoms with E-state index in [1.54, 1.807) is 14.2 Å². The number of methoxy groups -OCH3 is 2. The Bertz CT molecular complexity index is 844. The second-order valence-electron chi connectivity index (χ2n) is 12.1. The smallest absolute Gasteiger partial charge is 0.223 e. The summed E-state index contributed by atoms with van der Waals surface area (Å²) in [5, 5.41) is 14.2. The molecule has 1 heterocycles. The van der Waals surface area contributed by atoms with Crippen molar-refractivity contribution in [2.24, 2.45) is 29.4 Å². The quantitative estimate of drug-likeness (QED) is 0.221. The first-order valence-corrected chi connectivity index (χ1v) is 15.3. The molecule has 0 unspecified atom stereocenters. The zero-order valence-electron chi connectivity index (χ0n) is 26.0. The van der Waals surface area contributed by atoms with E-state index in [0.29, 0.717) is 31.2 Å². The lowest BCUT2D eigenvalue weighted by atomic mass is 9.80. The van der Waals surface area contributed by atoms with Crippen LogP contribution in [0.25, 0.3) is 0 Å². The number of unbranched alkanes of at least 4 members (excludes halogenated alkanes) is 1. The van der Waals surface area contributed by atoms with Crippen LogP contribution in [0.3, 0.4) is 0 Å². The van der Waals surface area contributed by atoms with E-state index >= 15 is 0 Å². The summed E-state index contributed by atoms with van der Waals surface area (Å²) in [6, 6.07) is 6.09. The highest BCUT2D eigenvalue weighted by molar-refractivity contribution is 5.78. The molecule has 4 N–H and O–H groups in total. The monoisotopic (exact) mass is 563 g/mol. The van der Waals surface area contributed by atoms with Gasteiger partial charge in [0.15, 0.2) is 0 Å². The van der Waals surface area contributed by atoms with Gasteiger partial charge in [0.1, 0.15) is 5.75 Å². The highest BCUT2D eigenvalue weighted by atomic mass is 16.5. The second-order valence-corrected chi connectivity index (χ2v) is 12.1. The number of benzene rings is 1. The number of morpholine rings is 1. The van der Waals surface area contributed by atoms with Gasteiger partial charge in [-0.3, -0.25) is 9.69 Å². The van der Waals surface area contributed by atoms with Gasteiger partial charge in [-0.25, -0.2) is 0 Å². The van der Waals surface area contributed by atoms with Gasteiger partial charge >= 0.3 is 0 Å². The summed E-state index contributed by atoms with van der Waals surface area (Å²) in [4.78, 5) is 15.3. The van der Waals surface area contributed by atoms with Crippen LogP contribution in [-0.2, 0) is 27.1 Å².